The molecule has 0 radical (unpaired) electrons. The lowest BCUT2D eigenvalue weighted by Crippen LogP contribution is -2.42. The van der Waals surface area contributed by atoms with Crippen LogP contribution in [-0.2, 0) is 0 Å². The Morgan fingerprint density at radius 1 is 1.06 bits per heavy atom. The number of piperidine rings is 1. The van der Waals surface area contributed by atoms with Crippen LogP contribution < -0.4 is 20.1 Å². The summed E-state index contributed by atoms with van der Waals surface area (Å²) in [7, 11) is 7.37. The van der Waals surface area contributed by atoms with E-state index in [0.717, 1.165) is 54.6 Å². The van der Waals surface area contributed by atoms with E-state index in [1.807, 2.05) is 47.4 Å². The normalized spacial score (nSPS) is 14.2. The summed E-state index contributed by atoms with van der Waals surface area (Å²) in [6.45, 7) is 3.15. The van der Waals surface area contributed by atoms with Gasteiger partial charge in [-0.2, -0.15) is 4.98 Å². The monoisotopic (exact) mass is 492 g/mol. The molecule has 0 atom stereocenters. The van der Waals surface area contributed by atoms with Crippen molar-refractivity contribution in [1.29, 1.82) is 0 Å². The molecule has 9 nitrogen and oxygen atoms in total. The lowest BCUT2D eigenvalue weighted by Gasteiger charge is -2.33. The molecule has 2 aromatic carbocycles. The molecule has 2 heterocycles. The number of benzene rings is 2. The fourth-order valence-corrected chi connectivity index (χ4v) is 4.42. The number of carbonyl (C=O) groups excluding carboxylic acids is 1. The van der Waals surface area contributed by atoms with Crippen molar-refractivity contribution in [3.05, 3.63) is 48.0 Å². The number of amides is 1. The first kappa shape index (κ1) is 25.5. The van der Waals surface area contributed by atoms with Crippen molar-refractivity contribution in [2.45, 2.75) is 25.3 Å². The minimum absolute atomic E-state index is 0.0857. The average molecular weight is 493 g/mol. The van der Waals surface area contributed by atoms with Gasteiger partial charge >= 0.3 is 0 Å². The van der Waals surface area contributed by atoms with Crippen molar-refractivity contribution in [1.82, 2.24) is 19.8 Å². The predicted octanol–water partition coefficient (Wildman–Crippen LogP) is 3.73. The summed E-state index contributed by atoms with van der Waals surface area (Å²) in [6.07, 6.45) is 2.66. The van der Waals surface area contributed by atoms with Crippen molar-refractivity contribution in [3.8, 4) is 11.5 Å². The van der Waals surface area contributed by atoms with Crippen LogP contribution in [0, 0.1) is 0 Å². The van der Waals surface area contributed by atoms with Crippen LogP contribution in [0.1, 0.15) is 29.6 Å². The van der Waals surface area contributed by atoms with Gasteiger partial charge in [0, 0.05) is 42.7 Å². The Labute approximate surface area is 212 Å². The molecule has 1 amide bonds. The first-order chi connectivity index (χ1) is 17.5. The number of fused-ring (bicyclic) bond motifs is 1. The molecule has 9 heteroatoms. The minimum atomic E-state index is 0.0857. The fraction of sp³-hybridized carbons (Fsp3) is 0.444. The first-order valence-corrected chi connectivity index (χ1v) is 12.4. The minimum Gasteiger partial charge on any atom is -0.493 e. The van der Waals surface area contributed by atoms with E-state index in [2.05, 4.69) is 29.6 Å². The molecule has 0 unspecified atom stereocenters. The third-order valence-electron chi connectivity index (χ3n) is 6.41. The van der Waals surface area contributed by atoms with Crippen LogP contribution in [0.5, 0.6) is 11.5 Å². The Hall–Kier alpha value is -3.59. The van der Waals surface area contributed by atoms with Crippen LogP contribution >= 0.6 is 0 Å². The molecule has 36 heavy (non-hydrogen) atoms. The highest BCUT2D eigenvalue weighted by Crippen LogP contribution is 2.35. The number of anilines is 2. The number of ether oxygens (including phenoxy) is 2. The average Bonchev–Trinajstić information content (AvgIpc) is 2.90. The summed E-state index contributed by atoms with van der Waals surface area (Å²) in [5.41, 5.74) is 1.51. The second kappa shape index (κ2) is 11.9. The van der Waals surface area contributed by atoms with Gasteiger partial charge in [0.15, 0.2) is 11.5 Å². The number of hydrogen-bond donors (Lipinski definition) is 2. The van der Waals surface area contributed by atoms with E-state index >= 15 is 0 Å². The molecule has 3 aromatic rings. The molecular formula is C27H36N6O3. The molecule has 2 N–H and O–H groups in total. The zero-order chi connectivity index (χ0) is 25.5. The molecule has 4 rings (SSSR count). The van der Waals surface area contributed by atoms with Crippen LogP contribution in [0.4, 0.5) is 11.8 Å². The topological polar surface area (TPSA) is 91.9 Å². The Balaban J connectivity index is 1.51. The molecule has 1 saturated heterocycles. The number of likely N-dealkylation sites (tertiary alicyclic amines) is 1. The van der Waals surface area contributed by atoms with Gasteiger partial charge in [0.05, 0.1) is 19.7 Å². The molecule has 0 spiro atoms. The highest BCUT2D eigenvalue weighted by Gasteiger charge is 2.25. The third-order valence-corrected chi connectivity index (χ3v) is 6.41. The van der Waals surface area contributed by atoms with Gasteiger partial charge < -0.3 is 29.9 Å². The highest BCUT2D eigenvalue weighted by atomic mass is 16.5. The summed E-state index contributed by atoms with van der Waals surface area (Å²) in [5.74, 6) is 2.67. The van der Waals surface area contributed by atoms with Crippen LogP contribution in [-0.4, -0.2) is 86.2 Å². The maximum atomic E-state index is 12.8. The SMILES string of the molecule is COc1cc2nc(NCCCN(C)C)nc(NC3CCN(C(=O)c4ccccc4)CC3)c2cc1OC. The van der Waals surface area contributed by atoms with Gasteiger partial charge in [0.25, 0.3) is 5.91 Å². The van der Waals surface area contributed by atoms with Gasteiger partial charge in [-0.1, -0.05) is 18.2 Å². The van der Waals surface area contributed by atoms with Crippen LogP contribution in [0.3, 0.4) is 0 Å². The Kier molecular flexibility index (Phi) is 8.43. The Morgan fingerprint density at radius 3 is 2.42 bits per heavy atom. The van der Waals surface area contributed by atoms with E-state index in [-0.39, 0.29) is 11.9 Å². The van der Waals surface area contributed by atoms with Crippen molar-refractivity contribution in [3.63, 3.8) is 0 Å². The van der Waals surface area contributed by atoms with E-state index in [1.54, 1.807) is 14.2 Å². The second-order valence-electron chi connectivity index (χ2n) is 9.28. The van der Waals surface area contributed by atoms with E-state index < -0.39 is 0 Å². The summed E-state index contributed by atoms with van der Waals surface area (Å²) < 4.78 is 11.0. The van der Waals surface area contributed by atoms with Gasteiger partial charge in [0.1, 0.15) is 5.82 Å². The second-order valence-corrected chi connectivity index (χ2v) is 9.28. The maximum absolute atomic E-state index is 12.8. The number of nitrogens with zero attached hydrogens (tertiary/aromatic N) is 4. The highest BCUT2D eigenvalue weighted by molar-refractivity contribution is 5.94. The Bertz CT molecular complexity index is 1160. The summed E-state index contributed by atoms with van der Waals surface area (Å²) >= 11 is 0. The lowest BCUT2D eigenvalue weighted by molar-refractivity contribution is 0.0718. The molecule has 0 saturated carbocycles. The number of methoxy groups -OCH3 is 2. The number of carbonyl (C=O) groups is 1. The quantitative estimate of drug-likeness (QED) is 0.414. The van der Waals surface area contributed by atoms with Crippen molar-refractivity contribution >= 4 is 28.6 Å². The van der Waals surface area contributed by atoms with Crippen LogP contribution in [0.25, 0.3) is 10.9 Å². The van der Waals surface area contributed by atoms with Crippen molar-refractivity contribution in [2.75, 3.05) is 65.1 Å². The zero-order valence-corrected chi connectivity index (χ0v) is 21.6. The Morgan fingerprint density at radius 2 is 1.75 bits per heavy atom. The summed E-state index contributed by atoms with van der Waals surface area (Å²) in [6, 6.07) is 13.5. The van der Waals surface area contributed by atoms with E-state index in [1.165, 1.54) is 0 Å². The smallest absolute Gasteiger partial charge is 0.253 e. The van der Waals surface area contributed by atoms with Crippen LogP contribution in [0.2, 0.25) is 0 Å². The lowest BCUT2D eigenvalue weighted by atomic mass is 10.0. The molecule has 0 bridgehead atoms. The van der Waals surface area contributed by atoms with Crippen molar-refractivity contribution < 1.29 is 14.3 Å². The van der Waals surface area contributed by atoms with Gasteiger partial charge in [-0.3, -0.25) is 4.79 Å². The number of nitrogens with one attached hydrogen (secondary N) is 2. The molecular weight excluding hydrogens is 456 g/mol. The molecule has 1 aromatic heterocycles. The van der Waals surface area contributed by atoms with Gasteiger partial charge in [-0.05, 0) is 58.1 Å². The largest absolute Gasteiger partial charge is 0.493 e. The van der Waals surface area contributed by atoms with E-state index in [0.29, 0.717) is 30.5 Å². The van der Waals surface area contributed by atoms with Gasteiger partial charge in [-0.25, -0.2) is 4.98 Å². The number of aromatic nitrogens is 2. The molecule has 1 aliphatic rings. The molecule has 1 aliphatic heterocycles. The first-order valence-electron chi connectivity index (χ1n) is 12.4. The van der Waals surface area contributed by atoms with E-state index in [4.69, 9.17) is 19.4 Å². The number of hydrogen-bond acceptors (Lipinski definition) is 8. The molecule has 192 valence electrons. The summed E-state index contributed by atoms with van der Waals surface area (Å²) in [4.78, 5) is 26.5. The van der Waals surface area contributed by atoms with Gasteiger partial charge in [0.2, 0.25) is 5.95 Å². The maximum Gasteiger partial charge on any atom is 0.253 e. The molecule has 0 aliphatic carbocycles. The van der Waals surface area contributed by atoms with Gasteiger partial charge in [-0.15, -0.1) is 0 Å². The summed E-state index contributed by atoms with van der Waals surface area (Å²) in [5, 5.41) is 7.86. The number of rotatable bonds is 10. The zero-order valence-electron chi connectivity index (χ0n) is 21.6. The standard InChI is InChI=1S/C27H36N6O3/c1-32(2)14-8-13-28-27-30-22-18-24(36-4)23(35-3)17-21(22)25(31-27)29-20-11-15-33(16-12-20)26(34)19-9-6-5-7-10-19/h5-7,9-10,17-18,20H,8,11-16H2,1-4H3,(H2,28,29,30,31). The third kappa shape index (κ3) is 6.15. The molecule has 1 fully saturated rings. The van der Waals surface area contributed by atoms with Crippen LogP contribution in [0.15, 0.2) is 42.5 Å². The van der Waals surface area contributed by atoms with E-state index in [9.17, 15) is 4.79 Å². The predicted molar refractivity (Wildman–Crippen MR) is 143 cm³/mol. The fourth-order valence-electron chi connectivity index (χ4n) is 4.42. The van der Waals surface area contributed by atoms with Crippen molar-refractivity contribution in [2.24, 2.45) is 0 Å².